The van der Waals surface area contributed by atoms with Crippen LogP contribution in [0.25, 0.3) is 11.1 Å². The fraction of sp³-hybridized carbons (Fsp3) is 0.214. The second-order valence-corrected chi connectivity index (χ2v) is 5.30. The number of nitrogen functional groups attached to an aromatic ring is 1. The average molecular weight is 258 g/mol. The summed E-state index contributed by atoms with van der Waals surface area (Å²) in [5.41, 5.74) is 8.09. The summed E-state index contributed by atoms with van der Waals surface area (Å²) in [4.78, 5) is 5.87. The summed E-state index contributed by atoms with van der Waals surface area (Å²) in [5, 5.41) is 2.11. The molecule has 18 heavy (non-hydrogen) atoms. The number of anilines is 1. The van der Waals surface area contributed by atoms with E-state index in [1.165, 1.54) is 4.88 Å². The van der Waals surface area contributed by atoms with Crippen LogP contribution in [0, 0.1) is 0 Å². The maximum absolute atomic E-state index is 5.71. The van der Waals surface area contributed by atoms with Gasteiger partial charge in [-0.1, -0.05) is 6.07 Å². The van der Waals surface area contributed by atoms with Gasteiger partial charge in [0, 0.05) is 23.1 Å². The molecule has 0 amide bonds. The SMILES string of the molecule is Nc1ccc2nc(CCCc3cccs3)oc2c1. The van der Waals surface area contributed by atoms with Gasteiger partial charge in [0.25, 0.3) is 0 Å². The zero-order chi connectivity index (χ0) is 12.4. The van der Waals surface area contributed by atoms with Gasteiger partial charge < -0.3 is 10.2 Å². The third-order valence-corrected chi connectivity index (χ3v) is 3.79. The van der Waals surface area contributed by atoms with Gasteiger partial charge in [-0.25, -0.2) is 4.98 Å². The van der Waals surface area contributed by atoms with Crippen molar-refractivity contribution < 1.29 is 4.42 Å². The summed E-state index contributed by atoms with van der Waals surface area (Å²) >= 11 is 1.80. The number of nitrogens with zero attached hydrogens (tertiary/aromatic N) is 1. The highest BCUT2D eigenvalue weighted by atomic mass is 32.1. The predicted octanol–water partition coefficient (Wildman–Crippen LogP) is 3.65. The number of oxazole rings is 1. The first-order chi connectivity index (χ1) is 8.81. The van der Waals surface area contributed by atoms with E-state index in [0.717, 1.165) is 36.3 Å². The van der Waals surface area contributed by atoms with E-state index in [0.29, 0.717) is 5.69 Å². The van der Waals surface area contributed by atoms with E-state index >= 15 is 0 Å². The van der Waals surface area contributed by atoms with Gasteiger partial charge in [-0.05, 0) is 36.4 Å². The summed E-state index contributed by atoms with van der Waals surface area (Å²) < 4.78 is 5.68. The van der Waals surface area contributed by atoms with Crippen molar-refractivity contribution in [3.8, 4) is 0 Å². The summed E-state index contributed by atoms with van der Waals surface area (Å²) in [7, 11) is 0. The highest BCUT2D eigenvalue weighted by Crippen LogP contribution is 2.20. The quantitative estimate of drug-likeness (QED) is 0.727. The lowest BCUT2D eigenvalue weighted by Gasteiger charge is -1.94. The molecule has 2 heterocycles. The molecule has 0 saturated heterocycles. The summed E-state index contributed by atoms with van der Waals surface area (Å²) in [6.45, 7) is 0. The van der Waals surface area contributed by atoms with Gasteiger partial charge in [-0.15, -0.1) is 11.3 Å². The Hall–Kier alpha value is -1.81. The van der Waals surface area contributed by atoms with Crippen LogP contribution in [0.5, 0.6) is 0 Å². The number of thiophene rings is 1. The molecule has 0 bridgehead atoms. The number of hydrogen-bond acceptors (Lipinski definition) is 4. The molecule has 92 valence electrons. The minimum absolute atomic E-state index is 0.712. The molecular weight excluding hydrogens is 244 g/mol. The van der Waals surface area contributed by atoms with Crippen molar-refractivity contribution in [2.45, 2.75) is 19.3 Å². The van der Waals surface area contributed by atoms with Gasteiger partial charge in [0.2, 0.25) is 0 Å². The molecule has 4 heteroatoms. The zero-order valence-electron chi connectivity index (χ0n) is 9.93. The molecule has 0 aliphatic carbocycles. The van der Waals surface area contributed by atoms with Gasteiger partial charge in [-0.3, -0.25) is 0 Å². The largest absolute Gasteiger partial charge is 0.441 e. The van der Waals surface area contributed by atoms with Crippen molar-refractivity contribution in [3.05, 3.63) is 46.5 Å². The molecule has 3 rings (SSSR count). The van der Waals surface area contributed by atoms with Crippen LogP contribution < -0.4 is 5.73 Å². The van der Waals surface area contributed by atoms with Crippen LogP contribution in [-0.4, -0.2) is 4.98 Å². The molecule has 1 aromatic carbocycles. The number of fused-ring (bicyclic) bond motifs is 1. The van der Waals surface area contributed by atoms with Gasteiger partial charge in [-0.2, -0.15) is 0 Å². The minimum Gasteiger partial charge on any atom is -0.441 e. The maximum atomic E-state index is 5.71. The Morgan fingerprint density at radius 3 is 3.00 bits per heavy atom. The summed E-state index contributed by atoms with van der Waals surface area (Å²) in [5.74, 6) is 0.798. The second kappa shape index (κ2) is 4.82. The highest BCUT2D eigenvalue weighted by molar-refractivity contribution is 7.09. The normalized spacial score (nSPS) is 11.1. The maximum Gasteiger partial charge on any atom is 0.195 e. The van der Waals surface area contributed by atoms with Crippen LogP contribution in [0.3, 0.4) is 0 Å². The molecule has 0 saturated carbocycles. The summed E-state index contributed by atoms with van der Waals surface area (Å²) in [6.07, 6.45) is 3.01. The molecule has 2 aromatic heterocycles. The molecule has 0 fully saturated rings. The number of rotatable bonds is 4. The van der Waals surface area contributed by atoms with Crippen molar-refractivity contribution in [1.29, 1.82) is 0 Å². The Morgan fingerprint density at radius 2 is 2.17 bits per heavy atom. The zero-order valence-corrected chi connectivity index (χ0v) is 10.7. The predicted molar refractivity (Wildman–Crippen MR) is 74.8 cm³/mol. The molecule has 0 radical (unpaired) electrons. The lowest BCUT2D eigenvalue weighted by Crippen LogP contribution is -1.87. The third kappa shape index (κ3) is 2.38. The van der Waals surface area contributed by atoms with E-state index in [1.54, 1.807) is 11.3 Å². The van der Waals surface area contributed by atoms with Crippen LogP contribution in [0.15, 0.2) is 40.1 Å². The third-order valence-electron chi connectivity index (χ3n) is 2.85. The van der Waals surface area contributed by atoms with E-state index in [-0.39, 0.29) is 0 Å². The monoisotopic (exact) mass is 258 g/mol. The van der Waals surface area contributed by atoms with Crippen LogP contribution in [0.1, 0.15) is 17.2 Å². The topological polar surface area (TPSA) is 52.0 Å². The van der Waals surface area contributed by atoms with Crippen LogP contribution >= 0.6 is 11.3 Å². The highest BCUT2D eigenvalue weighted by Gasteiger charge is 2.06. The van der Waals surface area contributed by atoms with Crippen molar-refractivity contribution in [1.82, 2.24) is 4.98 Å². The smallest absolute Gasteiger partial charge is 0.195 e. The van der Waals surface area contributed by atoms with Crippen molar-refractivity contribution >= 4 is 28.1 Å². The molecule has 0 spiro atoms. The van der Waals surface area contributed by atoms with Crippen molar-refractivity contribution in [3.63, 3.8) is 0 Å². The number of hydrogen-bond donors (Lipinski definition) is 1. The molecule has 0 aliphatic heterocycles. The van der Waals surface area contributed by atoms with E-state index in [9.17, 15) is 0 Å². The first-order valence-corrected chi connectivity index (χ1v) is 6.86. The Bertz CT molecular complexity index is 643. The minimum atomic E-state index is 0.712. The molecule has 3 aromatic rings. The van der Waals surface area contributed by atoms with E-state index < -0.39 is 0 Å². The molecule has 3 nitrogen and oxygen atoms in total. The lowest BCUT2D eigenvalue weighted by atomic mass is 10.2. The van der Waals surface area contributed by atoms with E-state index in [1.807, 2.05) is 18.2 Å². The molecule has 2 N–H and O–H groups in total. The Labute approximate surface area is 109 Å². The Kier molecular flexibility index (Phi) is 3.02. The lowest BCUT2D eigenvalue weighted by molar-refractivity contribution is 0.520. The fourth-order valence-corrected chi connectivity index (χ4v) is 2.72. The standard InChI is InChI=1S/C14H14N2OS/c15-10-6-7-12-13(9-10)17-14(16-12)5-1-3-11-4-2-8-18-11/h2,4,6-9H,1,3,5,15H2. The van der Waals surface area contributed by atoms with Gasteiger partial charge in [0.15, 0.2) is 11.5 Å². The van der Waals surface area contributed by atoms with Gasteiger partial charge >= 0.3 is 0 Å². The van der Waals surface area contributed by atoms with Gasteiger partial charge in [0.1, 0.15) is 5.52 Å². The first-order valence-electron chi connectivity index (χ1n) is 5.98. The van der Waals surface area contributed by atoms with Crippen LogP contribution in [0.4, 0.5) is 5.69 Å². The average Bonchev–Trinajstić information content (AvgIpc) is 2.97. The van der Waals surface area contributed by atoms with E-state index in [4.69, 9.17) is 10.2 Å². The molecule has 0 unspecified atom stereocenters. The van der Waals surface area contributed by atoms with Crippen molar-refractivity contribution in [2.24, 2.45) is 0 Å². The molecule has 0 aliphatic rings. The first kappa shape index (κ1) is 11.3. The van der Waals surface area contributed by atoms with Crippen LogP contribution in [0.2, 0.25) is 0 Å². The Balaban J connectivity index is 1.67. The molecule has 0 atom stereocenters. The summed E-state index contributed by atoms with van der Waals surface area (Å²) in [6, 6.07) is 9.82. The van der Waals surface area contributed by atoms with Gasteiger partial charge in [0.05, 0.1) is 0 Å². The van der Waals surface area contributed by atoms with Crippen LogP contribution in [-0.2, 0) is 12.8 Å². The number of nitrogens with two attached hydrogens (primary N) is 1. The number of aromatic nitrogens is 1. The second-order valence-electron chi connectivity index (χ2n) is 4.27. The number of benzene rings is 1. The Morgan fingerprint density at radius 1 is 1.22 bits per heavy atom. The fourth-order valence-electron chi connectivity index (χ4n) is 1.96. The number of aryl methyl sites for hydroxylation is 2. The van der Waals surface area contributed by atoms with E-state index in [2.05, 4.69) is 22.5 Å². The van der Waals surface area contributed by atoms with Crippen molar-refractivity contribution in [2.75, 3.05) is 5.73 Å². The molecular formula is C14H14N2OS.